The van der Waals surface area contributed by atoms with E-state index < -0.39 is 12.8 Å². The highest BCUT2D eigenvalue weighted by Crippen LogP contribution is 2.20. The second kappa shape index (κ2) is 8.54. The minimum absolute atomic E-state index is 0.00442. The van der Waals surface area contributed by atoms with E-state index >= 15 is 0 Å². The normalized spacial score (nSPS) is 12.1. The number of alkyl halides is 3. The van der Waals surface area contributed by atoms with Crippen LogP contribution in [0.25, 0.3) is 0 Å². The van der Waals surface area contributed by atoms with Crippen LogP contribution in [0.5, 0.6) is 0 Å². The van der Waals surface area contributed by atoms with Crippen molar-refractivity contribution in [1.82, 2.24) is 5.32 Å². The van der Waals surface area contributed by atoms with Crippen LogP contribution >= 0.6 is 11.8 Å². The maximum absolute atomic E-state index is 11.9. The maximum Gasteiger partial charge on any atom is 0.411 e. The molecule has 0 spiro atoms. The lowest BCUT2D eigenvalue weighted by atomic mass is 10.2. The number of halogens is 3. The number of thioether (sulfide) groups is 1. The molecule has 114 valence electrons. The third-order valence-corrected chi connectivity index (χ3v) is 3.27. The molecule has 1 aromatic carbocycles. The molecule has 1 N–H and O–H groups in total. The van der Waals surface area contributed by atoms with E-state index in [0.717, 1.165) is 23.5 Å². The van der Waals surface area contributed by atoms with Crippen LogP contribution in [0.4, 0.5) is 13.2 Å². The lowest BCUT2D eigenvalue weighted by Gasteiger charge is -2.09. The number of ether oxygens (including phenoxy) is 1. The Morgan fingerprint density at radius 3 is 2.40 bits per heavy atom. The van der Waals surface area contributed by atoms with Gasteiger partial charge in [0.2, 0.25) is 0 Å². The Balaban J connectivity index is 2.25. The molecular formula is C14H20F3NOS. The summed E-state index contributed by atoms with van der Waals surface area (Å²) in [6.45, 7) is 4.86. The zero-order chi connectivity index (χ0) is 15.0. The van der Waals surface area contributed by atoms with Crippen molar-refractivity contribution in [3.8, 4) is 0 Å². The summed E-state index contributed by atoms with van der Waals surface area (Å²) in [5.41, 5.74) is 1.16. The second-order valence-electron chi connectivity index (χ2n) is 4.89. The fourth-order valence-corrected chi connectivity index (χ4v) is 2.11. The predicted octanol–water partition coefficient (Wildman–Crippen LogP) is 4.06. The van der Waals surface area contributed by atoms with Gasteiger partial charge in [0, 0.05) is 11.4 Å². The van der Waals surface area contributed by atoms with Crippen molar-refractivity contribution >= 4 is 11.8 Å². The van der Waals surface area contributed by atoms with Crippen LogP contribution in [0.2, 0.25) is 0 Å². The van der Waals surface area contributed by atoms with Crippen molar-refractivity contribution in [2.75, 3.05) is 19.1 Å². The molecule has 0 bridgehead atoms. The minimum atomic E-state index is -4.26. The van der Waals surface area contributed by atoms with Gasteiger partial charge in [0.15, 0.2) is 0 Å². The highest BCUT2D eigenvalue weighted by molar-refractivity contribution is 7.99. The molecule has 0 saturated heterocycles. The van der Waals surface area contributed by atoms with Gasteiger partial charge in [0.1, 0.15) is 6.61 Å². The molecule has 6 heteroatoms. The first-order chi connectivity index (χ1) is 9.37. The summed E-state index contributed by atoms with van der Waals surface area (Å²) in [6.07, 6.45) is -4.26. The van der Waals surface area contributed by atoms with Gasteiger partial charge in [-0.1, -0.05) is 37.7 Å². The smallest absolute Gasteiger partial charge is 0.361 e. The summed E-state index contributed by atoms with van der Waals surface area (Å²) in [7, 11) is 0. The lowest BCUT2D eigenvalue weighted by Crippen LogP contribution is -2.18. The van der Waals surface area contributed by atoms with E-state index in [1.807, 2.05) is 24.3 Å². The summed E-state index contributed by atoms with van der Waals surface area (Å²) < 4.78 is 40.2. The molecule has 0 atom stereocenters. The summed E-state index contributed by atoms with van der Waals surface area (Å²) in [6, 6.07) is 7.74. The van der Waals surface area contributed by atoms with Crippen molar-refractivity contribution in [1.29, 1.82) is 0 Å². The quantitative estimate of drug-likeness (QED) is 0.444. The average Bonchev–Trinajstić information content (AvgIpc) is 2.35. The van der Waals surface area contributed by atoms with Crippen molar-refractivity contribution in [3.05, 3.63) is 29.8 Å². The summed E-state index contributed by atoms with van der Waals surface area (Å²) >= 11 is 1.26. The highest BCUT2D eigenvalue weighted by atomic mass is 32.2. The Hall–Kier alpha value is -0.720. The molecule has 1 rings (SSSR count). The van der Waals surface area contributed by atoms with E-state index in [1.165, 1.54) is 11.8 Å². The topological polar surface area (TPSA) is 21.3 Å². The van der Waals surface area contributed by atoms with Crippen LogP contribution in [-0.4, -0.2) is 25.3 Å². The van der Waals surface area contributed by atoms with Crippen LogP contribution in [0.15, 0.2) is 29.2 Å². The van der Waals surface area contributed by atoms with Crippen LogP contribution in [0.1, 0.15) is 19.4 Å². The molecule has 0 radical (unpaired) electrons. The molecule has 0 saturated carbocycles. The van der Waals surface area contributed by atoms with Gasteiger partial charge in [-0.2, -0.15) is 13.2 Å². The molecule has 20 heavy (non-hydrogen) atoms. The molecule has 2 nitrogen and oxygen atoms in total. The summed E-state index contributed by atoms with van der Waals surface area (Å²) in [5.74, 6) is 0.611. The number of hydrogen-bond acceptors (Lipinski definition) is 3. The lowest BCUT2D eigenvalue weighted by molar-refractivity contribution is -0.168. The molecule has 0 amide bonds. The fourth-order valence-electron chi connectivity index (χ4n) is 1.48. The predicted molar refractivity (Wildman–Crippen MR) is 75.7 cm³/mol. The molecule has 0 unspecified atom stereocenters. The van der Waals surface area contributed by atoms with Crippen molar-refractivity contribution < 1.29 is 17.9 Å². The standard InChI is InChI=1S/C14H20F3NOS/c1-11(2)7-18-8-12-3-5-13(6-4-12)20-10-19-9-14(15,16)17/h3-6,11,18H,7-10H2,1-2H3. The van der Waals surface area contributed by atoms with E-state index in [4.69, 9.17) is 0 Å². The van der Waals surface area contributed by atoms with Gasteiger partial charge >= 0.3 is 6.18 Å². The highest BCUT2D eigenvalue weighted by Gasteiger charge is 2.27. The summed E-state index contributed by atoms with van der Waals surface area (Å²) in [4.78, 5) is 0.903. The zero-order valence-electron chi connectivity index (χ0n) is 11.7. The van der Waals surface area contributed by atoms with Gasteiger partial charge in [-0.05, 0) is 30.2 Å². The number of benzene rings is 1. The van der Waals surface area contributed by atoms with Gasteiger partial charge in [-0.25, -0.2) is 0 Å². The van der Waals surface area contributed by atoms with E-state index in [1.54, 1.807) is 0 Å². The SMILES string of the molecule is CC(C)CNCc1ccc(SCOCC(F)(F)F)cc1. The van der Waals surface area contributed by atoms with Crippen LogP contribution < -0.4 is 5.32 Å². The molecule has 0 aliphatic heterocycles. The van der Waals surface area contributed by atoms with Gasteiger partial charge in [0.05, 0.1) is 5.94 Å². The Bertz CT molecular complexity index is 379. The summed E-state index contributed by atoms with van der Waals surface area (Å²) in [5, 5.41) is 3.33. The van der Waals surface area contributed by atoms with E-state index in [-0.39, 0.29) is 5.94 Å². The minimum Gasteiger partial charge on any atom is -0.361 e. The molecule has 0 fully saturated rings. The molecule has 0 aromatic heterocycles. The van der Waals surface area contributed by atoms with Gasteiger partial charge in [0.25, 0.3) is 0 Å². The van der Waals surface area contributed by atoms with Crippen molar-refractivity contribution in [3.63, 3.8) is 0 Å². The van der Waals surface area contributed by atoms with Crippen LogP contribution in [-0.2, 0) is 11.3 Å². The average molecular weight is 307 g/mol. The van der Waals surface area contributed by atoms with E-state index in [2.05, 4.69) is 23.9 Å². The third kappa shape index (κ3) is 8.45. The number of nitrogens with one attached hydrogen (secondary N) is 1. The van der Waals surface area contributed by atoms with Gasteiger partial charge in [-0.3, -0.25) is 0 Å². The van der Waals surface area contributed by atoms with Crippen molar-refractivity contribution in [2.45, 2.75) is 31.5 Å². The molecule has 0 aliphatic rings. The number of hydrogen-bond donors (Lipinski definition) is 1. The first kappa shape index (κ1) is 17.3. The monoisotopic (exact) mass is 307 g/mol. The zero-order valence-corrected chi connectivity index (χ0v) is 12.5. The first-order valence-corrected chi connectivity index (χ1v) is 7.42. The Morgan fingerprint density at radius 1 is 1.20 bits per heavy atom. The molecule has 0 heterocycles. The number of rotatable bonds is 8. The van der Waals surface area contributed by atoms with Crippen LogP contribution in [0, 0.1) is 5.92 Å². The third-order valence-electron chi connectivity index (χ3n) is 2.38. The van der Waals surface area contributed by atoms with Gasteiger partial charge < -0.3 is 10.1 Å². The Morgan fingerprint density at radius 2 is 1.85 bits per heavy atom. The molecule has 0 aliphatic carbocycles. The Labute approximate surface area is 122 Å². The Kier molecular flexibility index (Phi) is 7.40. The maximum atomic E-state index is 11.9. The van der Waals surface area contributed by atoms with Crippen molar-refractivity contribution in [2.24, 2.45) is 5.92 Å². The van der Waals surface area contributed by atoms with Crippen LogP contribution in [0.3, 0.4) is 0 Å². The molecule has 1 aromatic rings. The largest absolute Gasteiger partial charge is 0.411 e. The van der Waals surface area contributed by atoms with E-state index in [0.29, 0.717) is 5.92 Å². The van der Waals surface area contributed by atoms with Gasteiger partial charge in [-0.15, -0.1) is 0 Å². The molecular weight excluding hydrogens is 287 g/mol. The second-order valence-corrected chi connectivity index (χ2v) is 5.89. The first-order valence-electron chi connectivity index (χ1n) is 6.44. The van der Waals surface area contributed by atoms with E-state index in [9.17, 15) is 13.2 Å². The fraction of sp³-hybridized carbons (Fsp3) is 0.571.